The van der Waals surface area contributed by atoms with E-state index in [-0.39, 0.29) is 11.7 Å². The van der Waals surface area contributed by atoms with E-state index in [4.69, 9.17) is 9.47 Å². The second kappa shape index (κ2) is 7.96. The zero-order valence-electron chi connectivity index (χ0n) is 15.7. The van der Waals surface area contributed by atoms with E-state index in [2.05, 4.69) is 10.3 Å². The highest BCUT2D eigenvalue weighted by Gasteiger charge is 2.15. The van der Waals surface area contributed by atoms with Gasteiger partial charge in [-0.15, -0.1) is 0 Å². The Morgan fingerprint density at radius 3 is 2.43 bits per heavy atom. The van der Waals surface area contributed by atoms with Gasteiger partial charge in [-0.05, 0) is 56.3 Å². The van der Waals surface area contributed by atoms with Crippen LogP contribution in [0.1, 0.15) is 34.6 Å². The average Bonchev–Trinajstić information content (AvgIpc) is 2.68. The van der Waals surface area contributed by atoms with Gasteiger partial charge in [-0.2, -0.15) is 0 Å². The number of aromatic nitrogens is 1. The number of methoxy groups -OCH3 is 1. The Morgan fingerprint density at radius 1 is 1.07 bits per heavy atom. The van der Waals surface area contributed by atoms with Crippen LogP contribution in [-0.2, 0) is 4.74 Å². The number of anilines is 1. The smallest absolute Gasteiger partial charge is 0.338 e. The molecule has 7 heteroatoms. The summed E-state index contributed by atoms with van der Waals surface area (Å²) in [6, 6.07) is 11.3. The minimum atomic E-state index is -0.552. The van der Waals surface area contributed by atoms with Gasteiger partial charge in [-0.1, -0.05) is 0 Å². The Morgan fingerprint density at radius 2 is 1.79 bits per heavy atom. The molecule has 0 spiro atoms. The number of carbonyl (C=O) groups is 2. The minimum Gasteiger partial charge on any atom is -0.497 e. The van der Waals surface area contributed by atoms with E-state index in [9.17, 15) is 14.4 Å². The van der Waals surface area contributed by atoms with E-state index in [1.54, 1.807) is 56.3 Å². The van der Waals surface area contributed by atoms with Crippen LogP contribution in [0.4, 0.5) is 5.69 Å². The highest BCUT2D eigenvalue weighted by atomic mass is 16.5. The van der Waals surface area contributed by atoms with Crippen molar-refractivity contribution in [2.24, 2.45) is 0 Å². The van der Waals surface area contributed by atoms with Gasteiger partial charge >= 0.3 is 5.97 Å². The van der Waals surface area contributed by atoms with Crippen LogP contribution < -0.4 is 15.5 Å². The summed E-state index contributed by atoms with van der Waals surface area (Å²) in [6.45, 7) is 3.53. The van der Waals surface area contributed by atoms with Gasteiger partial charge in [0.2, 0.25) is 5.43 Å². The van der Waals surface area contributed by atoms with Crippen LogP contribution >= 0.6 is 0 Å². The molecule has 1 aromatic heterocycles. The van der Waals surface area contributed by atoms with E-state index in [1.807, 2.05) is 0 Å². The van der Waals surface area contributed by atoms with Crippen LogP contribution in [-0.4, -0.2) is 30.1 Å². The SMILES string of the molecule is COc1ccc2[nH]cc(C(=O)Nc3ccc(C(=O)OC(C)C)cc3)c(=O)c2c1. The van der Waals surface area contributed by atoms with Crippen molar-refractivity contribution in [3.63, 3.8) is 0 Å². The maximum Gasteiger partial charge on any atom is 0.338 e. The van der Waals surface area contributed by atoms with Crippen molar-refractivity contribution in [3.8, 4) is 5.75 Å². The zero-order chi connectivity index (χ0) is 20.3. The Hall–Kier alpha value is -3.61. The van der Waals surface area contributed by atoms with Crippen LogP contribution in [0.3, 0.4) is 0 Å². The fourth-order valence-corrected chi connectivity index (χ4v) is 2.66. The number of ether oxygens (including phenoxy) is 2. The van der Waals surface area contributed by atoms with E-state index >= 15 is 0 Å². The first-order chi connectivity index (χ1) is 13.4. The summed E-state index contributed by atoms with van der Waals surface area (Å²) in [4.78, 5) is 40.0. The van der Waals surface area contributed by atoms with E-state index in [1.165, 1.54) is 13.3 Å². The molecule has 2 aromatic carbocycles. The summed E-state index contributed by atoms with van der Waals surface area (Å²) in [6.07, 6.45) is 1.16. The van der Waals surface area contributed by atoms with Gasteiger partial charge in [0.1, 0.15) is 11.3 Å². The third-order valence-corrected chi connectivity index (χ3v) is 4.05. The topological polar surface area (TPSA) is 97.5 Å². The lowest BCUT2D eigenvalue weighted by atomic mass is 10.1. The van der Waals surface area contributed by atoms with E-state index in [0.29, 0.717) is 27.9 Å². The van der Waals surface area contributed by atoms with Crippen molar-refractivity contribution in [1.29, 1.82) is 0 Å². The molecular formula is C21H20N2O5. The molecule has 1 heterocycles. The van der Waals surface area contributed by atoms with Crippen LogP contribution in [0.2, 0.25) is 0 Å². The third kappa shape index (κ3) is 4.03. The lowest BCUT2D eigenvalue weighted by molar-refractivity contribution is 0.0378. The standard InChI is InChI=1S/C21H20N2O5/c1-12(2)28-21(26)13-4-6-14(7-5-13)23-20(25)17-11-22-18-9-8-15(27-3)10-16(18)19(17)24/h4-12H,1-3H3,(H,22,24)(H,23,25). The second-order valence-electron chi connectivity index (χ2n) is 6.43. The minimum absolute atomic E-state index is 0.0240. The maximum absolute atomic E-state index is 12.7. The number of benzene rings is 2. The fourth-order valence-electron chi connectivity index (χ4n) is 2.66. The highest BCUT2D eigenvalue weighted by Crippen LogP contribution is 2.17. The fraction of sp³-hybridized carbons (Fsp3) is 0.190. The van der Waals surface area contributed by atoms with Gasteiger partial charge in [-0.25, -0.2) is 4.79 Å². The molecule has 3 rings (SSSR count). The Kier molecular flexibility index (Phi) is 5.44. The average molecular weight is 380 g/mol. The van der Waals surface area contributed by atoms with Crippen molar-refractivity contribution in [3.05, 3.63) is 70.0 Å². The number of hydrogen-bond acceptors (Lipinski definition) is 5. The van der Waals surface area contributed by atoms with Crippen LogP contribution in [0.15, 0.2) is 53.5 Å². The molecule has 28 heavy (non-hydrogen) atoms. The predicted molar refractivity (Wildman–Crippen MR) is 106 cm³/mol. The number of fused-ring (bicyclic) bond motifs is 1. The molecular weight excluding hydrogens is 360 g/mol. The lowest BCUT2D eigenvalue weighted by Gasteiger charge is -2.09. The number of amides is 1. The monoisotopic (exact) mass is 380 g/mol. The molecule has 2 N–H and O–H groups in total. The molecule has 0 saturated heterocycles. The molecule has 7 nitrogen and oxygen atoms in total. The van der Waals surface area contributed by atoms with Crippen molar-refractivity contribution in [1.82, 2.24) is 4.98 Å². The van der Waals surface area contributed by atoms with Crippen molar-refractivity contribution < 1.29 is 19.1 Å². The van der Waals surface area contributed by atoms with Gasteiger partial charge in [-0.3, -0.25) is 9.59 Å². The Bertz CT molecular complexity index is 1080. The zero-order valence-corrected chi connectivity index (χ0v) is 15.7. The van der Waals surface area contributed by atoms with Crippen molar-refractivity contribution in [2.45, 2.75) is 20.0 Å². The molecule has 0 aliphatic carbocycles. The third-order valence-electron chi connectivity index (χ3n) is 4.05. The van der Waals surface area contributed by atoms with Crippen molar-refractivity contribution >= 4 is 28.5 Å². The van der Waals surface area contributed by atoms with Gasteiger partial charge in [0.15, 0.2) is 0 Å². The number of hydrogen-bond donors (Lipinski definition) is 2. The summed E-state index contributed by atoms with van der Waals surface area (Å²) in [5.74, 6) is -0.462. The van der Waals surface area contributed by atoms with Gasteiger partial charge in [0.25, 0.3) is 5.91 Å². The predicted octanol–water partition coefficient (Wildman–Crippen LogP) is 3.35. The summed E-state index contributed by atoms with van der Waals surface area (Å²) in [5, 5.41) is 3.02. The molecule has 144 valence electrons. The molecule has 3 aromatic rings. The van der Waals surface area contributed by atoms with Crippen molar-refractivity contribution in [2.75, 3.05) is 12.4 Å². The first-order valence-corrected chi connectivity index (χ1v) is 8.71. The van der Waals surface area contributed by atoms with Crippen LogP contribution in [0, 0.1) is 0 Å². The lowest BCUT2D eigenvalue weighted by Crippen LogP contribution is -2.22. The first kappa shape index (κ1) is 19.2. The molecule has 0 aliphatic heterocycles. The number of esters is 1. The number of rotatable bonds is 5. The number of aromatic amines is 1. The molecule has 0 fully saturated rings. The van der Waals surface area contributed by atoms with Gasteiger partial charge in [0, 0.05) is 22.8 Å². The maximum atomic E-state index is 12.7. The second-order valence-corrected chi connectivity index (χ2v) is 6.43. The molecule has 0 atom stereocenters. The molecule has 0 saturated carbocycles. The largest absolute Gasteiger partial charge is 0.497 e. The summed E-state index contributed by atoms with van der Waals surface area (Å²) >= 11 is 0. The molecule has 0 aliphatic rings. The quantitative estimate of drug-likeness (QED) is 0.662. The van der Waals surface area contributed by atoms with E-state index in [0.717, 1.165) is 0 Å². The highest BCUT2D eigenvalue weighted by molar-refractivity contribution is 6.06. The van der Waals surface area contributed by atoms with Gasteiger partial charge in [0.05, 0.1) is 18.8 Å². The number of carbonyl (C=O) groups excluding carboxylic acids is 2. The first-order valence-electron chi connectivity index (χ1n) is 8.71. The van der Waals surface area contributed by atoms with Gasteiger partial charge < -0.3 is 19.8 Å². The molecule has 0 bridgehead atoms. The van der Waals surface area contributed by atoms with Crippen LogP contribution in [0.25, 0.3) is 10.9 Å². The Labute approximate surface area is 161 Å². The molecule has 0 unspecified atom stereocenters. The van der Waals surface area contributed by atoms with Crippen LogP contribution in [0.5, 0.6) is 5.75 Å². The molecule has 1 amide bonds. The molecule has 0 radical (unpaired) electrons. The number of nitrogens with one attached hydrogen (secondary N) is 2. The summed E-state index contributed by atoms with van der Waals surface area (Å²) < 4.78 is 10.3. The number of H-pyrrole nitrogens is 1. The number of pyridine rings is 1. The Balaban J connectivity index is 1.82. The normalized spacial score (nSPS) is 10.7. The summed E-state index contributed by atoms with van der Waals surface area (Å²) in [5.41, 5.74) is 1.01. The summed E-state index contributed by atoms with van der Waals surface area (Å²) in [7, 11) is 1.51. The van der Waals surface area contributed by atoms with E-state index < -0.39 is 17.3 Å².